The van der Waals surface area contributed by atoms with E-state index in [1.54, 1.807) is 19.3 Å². The first-order valence-corrected chi connectivity index (χ1v) is 7.38. The summed E-state index contributed by atoms with van der Waals surface area (Å²) in [6, 6.07) is 10.2. The highest BCUT2D eigenvalue weighted by molar-refractivity contribution is 5.90. The molecule has 3 heteroatoms. The SMILES string of the molecule is CCOC(=O)c1cncc(-c2cccc(C(C)CC)c2)c1. The molecule has 1 aromatic heterocycles. The first-order chi connectivity index (χ1) is 10.2. The molecular formula is C18H21NO2. The van der Waals surface area contributed by atoms with Crippen LogP contribution in [0.5, 0.6) is 0 Å². The molecule has 21 heavy (non-hydrogen) atoms. The lowest BCUT2D eigenvalue weighted by Gasteiger charge is -2.11. The number of hydrogen-bond donors (Lipinski definition) is 0. The molecule has 0 saturated carbocycles. The van der Waals surface area contributed by atoms with Gasteiger partial charge < -0.3 is 4.74 Å². The molecule has 0 spiro atoms. The van der Waals surface area contributed by atoms with Crippen molar-refractivity contribution >= 4 is 5.97 Å². The van der Waals surface area contributed by atoms with Crippen molar-refractivity contribution in [1.82, 2.24) is 4.98 Å². The summed E-state index contributed by atoms with van der Waals surface area (Å²) >= 11 is 0. The van der Waals surface area contributed by atoms with Gasteiger partial charge in [-0.15, -0.1) is 0 Å². The van der Waals surface area contributed by atoms with E-state index < -0.39 is 0 Å². The first kappa shape index (κ1) is 15.2. The van der Waals surface area contributed by atoms with Crippen LogP contribution < -0.4 is 0 Å². The maximum Gasteiger partial charge on any atom is 0.339 e. The molecule has 1 aromatic carbocycles. The van der Waals surface area contributed by atoms with Crippen LogP contribution in [-0.2, 0) is 4.74 Å². The van der Waals surface area contributed by atoms with E-state index in [2.05, 4.69) is 31.0 Å². The van der Waals surface area contributed by atoms with Gasteiger partial charge in [-0.25, -0.2) is 4.79 Å². The molecular weight excluding hydrogens is 262 g/mol. The number of hydrogen-bond acceptors (Lipinski definition) is 3. The van der Waals surface area contributed by atoms with Crippen LogP contribution in [0.25, 0.3) is 11.1 Å². The van der Waals surface area contributed by atoms with Gasteiger partial charge in [0.25, 0.3) is 0 Å². The van der Waals surface area contributed by atoms with Gasteiger partial charge in [-0.2, -0.15) is 0 Å². The van der Waals surface area contributed by atoms with Gasteiger partial charge in [0.15, 0.2) is 0 Å². The van der Waals surface area contributed by atoms with Crippen molar-refractivity contribution in [3.05, 3.63) is 53.9 Å². The lowest BCUT2D eigenvalue weighted by atomic mass is 9.95. The van der Waals surface area contributed by atoms with Crippen molar-refractivity contribution in [2.75, 3.05) is 6.61 Å². The van der Waals surface area contributed by atoms with Crippen LogP contribution in [0.3, 0.4) is 0 Å². The lowest BCUT2D eigenvalue weighted by molar-refractivity contribution is 0.0526. The minimum absolute atomic E-state index is 0.329. The zero-order chi connectivity index (χ0) is 15.2. The largest absolute Gasteiger partial charge is 0.462 e. The number of aromatic nitrogens is 1. The Bertz CT molecular complexity index is 622. The molecule has 0 aliphatic heterocycles. The molecule has 0 N–H and O–H groups in total. The number of benzene rings is 1. The summed E-state index contributed by atoms with van der Waals surface area (Å²) in [5.41, 5.74) is 3.80. The molecule has 0 fully saturated rings. The zero-order valence-corrected chi connectivity index (χ0v) is 12.8. The monoisotopic (exact) mass is 283 g/mol. The molecule has 1 atom stereocenters. The Balaban J connectivity index is 2.34. The Morgan fingerprint density at radius 2 is 2.00 bits per heavy atom. The van der Waals surface area contributed by atoms with E-state index in [9.17, 15) is 4.79 Å². The van der Waals surface area contributed by atoms with Gasteiger partial charge in [0.05, 0.1) is 12.2 Å². The Kier molecular flexibility index (Phi) is 5.09. The summed E-state index contributed by atoms with van der Waals surface area (Å²) in [5.74, 6) is 0.191. The van der Waals surface area contributed by atoms with Gasteiger partial charge in [0.2, 0.25) is 0 Å². The number of carbonyl (C=O) groups excluding carboxylic acids is 1. The molecule has 0 radical (unpaired) electrons. The second kappa shape index (κ2) is 7.02. The molecule has 3 nitrogen and oxygen atoms in total. The maximum atomic E-state index is 11.8. The predicted molar refractivity (Wildman–Crippen MR) is 84.3 cm³/mol. The van der Waals surface area contributed by atoms with Crippen LogP contribution in [0.1, 0.15) is 49.0 Å². The molecule has 1 unspecified atom stereocenters. The van der Waals surface area contributed by atoms with E-state index >= 15 is 0 Å². The van der Waals surface area contributed by atoms with Crippen LogP contribution in [0.4, 0.5) is 0 Å². The minimum Gasteiger partial charge on any atom is -0.462 e. The van der Waals surface area contributed by atoms with E-state index in [0.717, 1.165) is 17.5 Å². The quantitative estimate of drug-likeness (QED) is 0.761. The van der Waals surface area contributed by atoms with Crippen LogP contribution in [0.15, 0.2) is 42.7 Å². The van der Waals surface area contributed by atoms with Crippen LogP contribution in [0.2, 0.25) is 0 Å². The van der Waals surface area contributed by atoms with Gasteiger partial charge in [0, 0.05) is 18.0 Å². The van der Waals surface area contributed by atoms with Crippen molar-refractivity contribution in [1.29, 1.82) is 0 Å². The second-order valence-electron chi connectivity index (χ2n) is 5.12. The number of nitrogens with zero attached hydrogens (tertiary/aromatic N) is 1. The first-order valence-electron chi connectivity index (χ1n) is 7.38. The fourth-order valence-corrected chi connectivity index (χ4v) is 2.18. The van der Waals surface area contributed by atoms with Crippen LogP contribution >= 0.6 is 0 Å². The lowest BCUT2D eigenvalue weighted by Crippen LogP contribution is -2.05. The molecule has 0 amide bonds. The summed E-state index contributed by atoms with van der Waals surface area (Å²) in [6.07, 6.45) is 4.42. The summed E-state index contributed by atoms with van der Waals surface area (Å²) in [6.45, 7) is 6.56. The Morgan fingerprint density at radius 3 is 2.71 bits per heavy atom. The zero-order valence-electron chi connectivity index (χ0n) is 12.8. The number of esters is 1. The van der Waals surface area contributed by atoms with Crippen LogP contribution in [0, 0.1) is 0 Å². The molecule has 2 rings (SSSR count). The summed E-state index contributed by atoms with van der Waals surface area (Å²) < 4.78 is 5.02. The summed E-state index contributed by atoms with van der Waals surface area (Å²) in [7, 11) is 0. The smallest absolute Gasteiger partial charge is 0.339 e. The van der Waals surface area contributed by atoms with Crippen molar-refractivity contribution < 1.29 is 9.53 Å². The minimum atomic E-state index is -0.329. The highest BCUT2D eigenvalue weighted by atomic mass is 16.5. The van der Waals surface area contributed by atoms with Crippen molar-refractivity contribution in [2.24, 2.45) is 0 Å². The van der Waals surface area contributed by atoms with Gasteiger partial charge in [-0.3, -0.25) is 4.98 Å². The molecule has 110 valence electrons. The molecule has 0 saturated heterocycles. The van der Waals surface area contributed by atoms with Crippen molar-refractivity contribution in [3.63, 3.8) is 0 Å². The van der Waals surface area contributed by atoms with E-state index in [-0.39, 0.29) is 5.97 Å². The van der Waals surface area contributed by atoms with Gasteiger partial charge in [-0.1, -0.05) is 38.1 Å². The van der Waals surface area contributed by atoms with Gasteiger partial charge in [-0.05, 0) is 36.5 Å². The Morgan fingerprint density at radius 1 is 1.19 bits per heavy atom. The summed E-state index contributed by atoms with van der Waals surface area (Å²) in [5, 5.41) is 0. The number of pyridine rings is 1. The van der Waals surface area contributed by atoms with E-state index in [0.29, 0.717) is 18.1 Å². The highest BCUT2D eigenvalue weighted by Crippen LogP contribution is 2.25. The Hall–Kier alpha value is -2.16. The third-order valence-corrected chi connectivity index (χ3v) is 3.65. The van der Waals surface area contributed by atoms with E-state index in [4.69, 9.17) is 4.74 Å². The van der Waals surface area contributed by atoms with Gasteiger partial charge >= 0.3 is 5.97 Å². The fraction of sp³-hybridized carbons (Fsp3) is 0.333. The van der Waals surface area contributed by atoms with Crippen molar-refractivity contribution in [2.45, 2.75) is 33.1 Å². The van der Waals surface area contributed by atoms with E-state index in [1.807, 2.05) is 18.2 Å². The third-order valence-electron chi connectivity index (χ3n) is 3.65. The molecule has 1 heterocycles. The number of ether oxygens (including phenoxy) is 1. The standard InChI is InChI=1S/C18H21NO2/c1-4-13(3)14-7-6-8-15(9-14)16-10-17(12-19-11-16)18(20)21-5-2/h6-13H,4-5H2,1-3H3. The van der Waals surface area contributed by atoms with E-state index in [1.165, 1.54) is 5.56 Å². The summed E-state index contributed by atoms with van der Waals surface area (Å²) in [4.78, 5) is 15.9. The molecule has 0 aliphatic rings. The fourth-order valence-electron chi connectivity index (χ4n) is 2.18. The number of rotatable bonds is 5. The number of carbonyl (C=O) groups is 1. The Labute approximate surface area is 126 Å². The molecule has 2 aromatic rings. The molecule has 0 aliphatic carbocycles. The van der Waals surface area contributed by atoms with Gasteiger partial charge in [0.1, 0.15) is 0 Å². The predicted octanol–water partition coefficient (Wildman–Crippen LogP) is 4.44. The van der Waals surface area contributed by atoms with Crippen molar-refractivity contribution in [3.8, 4) is 11.1 Å². The molecule has 0 bridgehead atoms. The average Bonchev–Trinajstić information content (AvgIpc) is 2.54. The normalized spacial score (nSPS) is 12.0. The topological polar surface area (TPSA) is 39.2 Å². The third kappa shape index (κ3) is 3.69. The highest BCUT2D eigenvalue weighted by Gasteiger charge is 2.10. The average molecular weight is 283 g/mol. The van der Waals surface area contributed by atoms with Crippen LogP contribution in [-0.4, -0.2) is 17.6 Å². The maximum absolute atomic E-state index is 11.8. The second-order valence-corrected chi connectivity index (χ2v) is 5.12.